The van der Waals surface area contributed by atoms with Crippen molar-refractivity contribution < 1.29 is 18.6 Å². The van der Waals surface area contributed by atoms with Crippen molar-refractivity contribution in [1.82, 2.24) is 4.98 Å². The fourth-order valence-corrected chi connectivity index (χ4v) is 3.47. The lowest BCUT2D eigenvalue weighted by molar-refractivity contribution is 0.324. The predicted octanol–water partition coefficient (Wildman–Crippen LogP) is 4.26. The lowest BCUT2D eigenvalue weighted by atomic mass is 9.93. The molecule has 1 aromatic heterocycles. The Labute approximate surface area is 162 Å². The van der Waals surface area contributed by atoms with Gasteiger partial charge >= 0.3 is 0 Å². The van der Waals surface area contributed by atoms with Gasteiger partial charge < -0.3 is 14.2 Å². The van der Waals surface area contributed by atoms with E-state index < -0.39 is 0 Å². The molecule has 0 amide bonds. The molecule has 0 N–H and O–H groups in total. The summed E-state index contributed by atoms with van der Waals surface area (Å²) in [4.78, 5) is 9.16. The van der Waals surface area contributed by atoms with E-state index in [4.69, 9.17) is 19.2 Å². The minimum Gasteiger partial charge on any atom is -0.493 e. The zero-order valence-electron chi connectivity index (χ0n) is 15.8. The van der Waals surface area contributed by atoms with Crippen LogP contribution in [-0.4, -0.2) is 32.0 Å². The Bertz CT molecular complexity index is 1050. The van der Waals surface area contributed by atoms with Crippen LogP contribution in [0.5, 0.6) is 17.2 Å². The number of fused-ring (bicyclic) bond motifs is 1. The molecule has 1 aliphatic rings. The third-order valence-electron chi connectivity index (χ3n) is 4.73. The highest BCUT2D eigenvalue weighted by molar-refractivity contribution is 6.18. The average Bonchev–Trinajstić information content (AvgIpc) is 3.17. The maximum Gasteiger partial charge on any atom is 0.203 e. The Morgan fingerprint density at radius 2 is 1.64 bits per heavy atom. The lowest BCUT2D eigenvalue weighted by Crippen LogP contribution is -2.06. The van der Waals surface area contributed by atoms with Crippen LogP contribution in [0, 0.1) is 5.82 Å². The van der Waals surface area contributed by atoms with E-state index in [0.29, 0.717) is 23.8 Å². The van der Waals surface area contributed by atoms with E-state index >= 15 is 0 Å². The van der Waals surface area contributed by atoms with Crippen LogP contribution in [0.1, 0.15) is 16.8 Å². The number of aliphatic imine (C=N–C) groups is 1. The Morgan fingerprint density at radius 3 is 2.29 bits per heavy atom. The largest absolute Gasteiger partial charge is 0.493 e. The van der Waals surface area contributed by atoms with Gasteiger partial charge in [0.2, 0.25) is 5.75 Å². The van der Waals surface area contributed by atoms with Crippen LogP contribution in [-0.2, 0) is 6.54 Å². The van der Waals surface area contributed by atoms with Gasteiger partial charge in [0, 0.05) is 17.3 Å². The summed E-state index contributed by atoms with van der Waals surface area (Å²) in [5.74, 6) is 1.32. The summed E-state index contributed by atoms with van der Waals surface area (Å²) < 4.78 is 30.2. The average molecular weight is 378 g/mol. The molecule has 0 saturated heterocycles. The molecule has 0 radical (unpaired) electrons. The van der Waals surface area contributed by atoms with Crippen molar-refractivity contribution in [2.45, 2.75) is 6.54 Å². The second-order valence-electron chi connectivity index (χ2n) is 6.27. The summed E-state index contributed by atoms with van der Waals surface area (Å²) in [6.45, 7) is 0.463. The number of hydrogen-bond donors (Lipinski definition) is 0. The second kappa shape index (κ2) is 7.31. The molecular formula is C22H19FN2O3. The SMILES string of the molecule is COc1cc(C2=NCc3nccc(-c4cccc(F)c4)c32)cc(OC)c1OC. The van der Waals surface area contributed by atoms with E-state index in [-0.39, 0.29) is 5.82 Å². The van der Waals surface area contributed by atoms with Crippen molar-refractivity contribution in [2.75, 3.05) is 21.3 Å². The van der Waals surface area contributed by atoms with Crippen molar-refractivity contribution in [3.8, 4) is 28.4 Å². The Kier molecular flexibility index (Phi) is 4.69. The first-order chi connectivity index (χ1) is 13.7. The molecule has 0 aliphatic carbocycles. The molecule has 6 heteroatoms. The van der Waals surface area contributed by atoms with Crippen LogP contribution in [0.15, 0.2) is 53.7 Å². The number of pyridine rings is 1. The van der Waals surface area contributed by atoms with Crippen LogP contribution in [0.2, 0.25) is 0 Å². The molecule has 0 spiro atoms. The van der Waals surface area contributed by atoms with Gasteiger partial charge in [-0.2, -0.15) is 0 Å². The molecule has 2 heterocycles. The summed E-state index contributed by atoms with van der Waals surface area (Å²) in [5.41, 5.74) is 4.99. The molecule has 142 valence electrons. The Balaban J connectivity index is 1.89. The van der Waals surface area contributed by atoms with Crippen molar-refractivity contribution >= 4 is 5.71 Å². The van der Waals surface area contributed by atoms with Crippen molar-refractivity contribution in [3.63, 3.8) is 0 Å². The fourth-order valence-electron chi connectivity index (χ4n) is 3.47. The Hall–Kier alpha value is -3.41. The summed E-state index contributed by atoms with van der Waals surface area (Å²) in [5, 5.41) is 0. The van der Waals surface area contributed by atoms with Crippen LogP contribution >= 0.6 is 0 Å². The smallest absolute Gasteiger partial charge is 0.203 e. The van der Waals surface area contributed by atoms with Gasteiger partial charge in [-0.05, 0) is 41.5 Å². The highest BCUT2D eigenvalue weighted by Crippen LogP contribution is 2.40. The van der Waals surface area contributed by atoms with Gasteiger partial charge in [0.25, 0.3) is 0 Å². The molecule has 4 rings (SSSR count). The highest BCUT2D eigenvalue weighted by Gasteiger charge is 2.25. The van der Waals surface area contributed by atoms with E-state index in [1.54, 1.807) is 33.6 Å². The summed E-state index contributed by atoms with van der Waals surface area (Å²) in [7, 11) is 4.71. The summed E-state index contributed by atoms with van der Waals surface area (Å²) in [6, 6.07) is 12.1. The normalized spacial score (nSPS) is 12.4. The molecular weight excluding hydrogens is 359 g/mol. The first-order valence-electron chi connectivity index (χ1n) is 8.75. The van der Waals surface area contributed by atoms with Gasteiger partial charge in [0.05, 0.1) is 39.3 Å². The van der Waals surface area contributed by atoms with Crippen molar-refractivity contribution in [3.05, 3.63) is 71.3 Å². The zero-order valence-corrected chi connectivity index (χ0v) is 15.8. The van der Waals surface area contributed by atoms with E-state index in [1.807, 2.05) is 24.3 Å². The standard InChI is InChI=1S/C22H19FN2O3/c1-26-18-10-14(11-19(27-2)22(18)28-3)21-20-16(7-8-24-17(20)12-25-21)13-5-4-6-15(23)9-13/h4-11H,12H2,1-3H3. The molecule has 5 nitrogen and oxygen atoms in total. The lowest BCUT2D eigenvalue weighted by Gasteiger charge is -2.16. The van der Waals surface area contributed by atoms with Crippen LogP contribution in [0.25, 0.3) is 11.1 Å². The molecule has 0 bridgehead atoms. The molecule has 0 atom stereocenters. The van der Waals surface area contributed by atoms with Gasteiger partial charge in [0.15, 0.2) is 11.5 Å². The van der Waals surface area contributed by atoms with Gasteiger partial charge in [-0.3, -0.25) is 9.98 Å². The van der Waals surface area contributed by atoms with E-state index in [0.717, 1.165) is 33.7 Å². The van der Waals surface area contributed by atoms with Crippen molar-refractivity contribution in [2.24, 2.45) is 4.99 Å². The van der Waals surface area contributed by atoms with E-state index in [9.17, 15) is 4.39 Å². The molecule has 0 saturated carbocycles. The van der Waals surface area contributed by atoms with Gasteiger partial charge in [0.1, 0.15) is 5.82 Å². The number of halogens is 1. The quantitative estimate of drug-likeness (QED) is 0.666. The Morgan fingerprint density at radius 1 is 0.893 bits per heavy atom. The predicted molar refractivity (Wildman–Crippen MR) is 105 cm³/mol. The monoisotopic (exact) mass is 378 g/mol. The van der Waals surface area contributed by atoms with Crippen LogP contribution < -0.4 is 14.2 Å². The molecule has 3 aromatic rings. The third kappa shape index (κ3) is 2.97. The molecule has 28 heavy (non-hydrogen) atoms. The maximum atomic E-state index is 13.8. The molecule has 0 fully saturated rings. The van der Waals surface area contributed by atoms with Gasteiger partial charge in [-0.1, -0.05) is 12.1 Å². The second-order valence-corrected chi connectivity index (χ2v) is 6.27. The maximum absolute atomic E-state index is 13.8. The number of methoxy groups -OCH3 is 3. The first kappa shape index (κ1) is 18.0. The van der Waals surface area contributed by atoms with Gasteiger partial charge in [-0.15, -0.1) is 0 Å². The number of benzene rings is 2. The zero-order chi connectivity index (χ0) is 19.7. The minimum absolute atomic E-state index is 0.285. The van der Waals surface area contributed by atoms with Crippen LogP contribution in [0.3, 0.4) is 0 Å². The van der Waals surface area contributed by atoms with E-state index in [2.05, 4.69) is 4.98 Å². The van der Waals surface area contributed by atoms with Crippen LogP contribution in [0.4, 0.5) is 4.39 Å². The number of aromatic nitrogens is 1. The third-order valence-corrected chi connectivity index (χ3v) is 4.73. The topological polar surface area (TPSA) is 52.9 Å². The molecule has 0 unspecified atom stereocenters. The van der Waals surface area contributed by atoms with E-state index in [1.165, 1.54) is 12.1 Å². The number of ether oxygens (including phenoxy) is 3. The first-order valence-corrected chi connectivity index (χ1v) is 8.75. The summed E-state index contributed by atoms with van der Waals surface area (Å²) in [6.07, 6.45) is 1.73. The highest BCUT2D eigenvalue weighted by atomic mass is 19.1. The summed E-state index contributed by atoms with van der Waals surface area (Å²) >= 11 is 0. The van der Waals surface area contributed by atoms with Crippen molar-refractivity contribution in [1.29, 1.82) is 0 Å². The molecule has 2 aromatic carbocycles. The number of nitrogens with zero attached hydrogens (tertiary/aromatic N) is 2. The number of hydrogen-bond acceptors (Lipinski definition) is 5. The fraction of sp³-hybridized carbons (Fsp3) is 0.182. The van der Waals surface area contributed by atoms with Gasteiger partial charge in [-0.25, -0.2) is 4.39 Å². The number of rotatable bonds is 5. The molecule has 1 aliphatic heterocycles. The minimum atomic E-state index is -0.285.